The third-order valence-electron chi connectivity index (χ3n) is 4.51. The molecule has 2 heterocycles. The first-order valence-corrected chi connectivity index (χ1v) is 8.61. The largest absolute Gasteiger partial charge is 0.497 e. The van der Waals surface area contributed by atoms with Crippen LogP contribution >= 0.6 is 0 Å². The van der Waals surface area contributed by atoms with Crippen molar-refractivity contribution in [3.63, 3.8) is 0 Å². The summed E-state index contributed by atoms with van der Waals surface area (Å²) in [5.41, 5.74) is 1.01. The van der Waals surface area contributed by atoms with Crippen molar-refractivity contribution in [2.24, 2.45) is 0 Å². The zero-order chi connectivity index (χ0) is 18.5. The van der Waals surface area contributed by atoms with Crippen LogP contribution in [0.15, 0.2) is 42.5 Å². The minimum atomic E-state index is -0.491. The Bertz CT molecular complexity index is 753. The van der Waals surface area contributed by atoms with Crippen LogP contribution in [0, 0.1) is 5.95 Å². The number of methoxy groups -OCH3 is 1. The molecule has 1 aromatic heterocycles. The maximum Gasteiger partial charge on any atom is 0.317 e. The number of urea groups is 1. The van der Waals surface area contributed by atoms with E-state index in [1.54, 1.807) is 24.1 Å². The van der Waals surface area contributed by atoms with Crippen molar-refractivity contribution in [3.8, 4) is 5.75 Å². The molecule has 3 rings (SSSR count). The van der Waals surface area contributed by atoms with E-state index in [2.05, 4.69) is 10.3 Å². The highest BCUT2D eigenvalue weighted by Crippen LogP contribution is 2.18. The van der Waals surface area contributed by atoms with Crippen LogP contribution in [0.25, 0.3) is 0 Å². The lowest BCUT2D eigenvalue weighted by Crippen LogP contribution is -2.56. The number of hydrogen-bond donors (Lipinski definition) is 1. The van der Waals surface area contributed by atoms with Crippen LogP contribution in [-0.4, -0.2) is 48.7 Å². The summed E-state index contributed by atoms with van der Waals surface area (Å²) in [6.07, 6.45) is 0. The number of aromatic nitrogens is 1. The topological polar surface area (TPSA) is 57.7 Å². The van der Waals surface area contributed by atoms with E-state index in [1.807, 2.05) is 36.1 Å². The fourth-order valence-corrected chi connectivity index (χ4v) is 3.07. The Hall–Kier alpha value is -2.83. The van der Waals surface area contributed by atoms with Crippen molar-refractivity contribution in [1.82, 2.24) is 15.2 Å². The van der Waals surface area contributed by atoms with Gasteiger partial charge in [-0.05, 0) is 36.8 Å². The molecule has 0 saturated carbocycles. The highest BCUT2D eigenvalue weighted by atomic mass is 19.1. The minimum Gasteiger partial charge on any atom is -0.497 e. The van der Waals surface area contributed by atoms with E-state index in [0.29, 0.717) is 32.0 Å². The standard InChI is InChI=1S/C19H23FN4O2/c1-14-13-23(10-11-24(14)18-5-3-4-17(20)22-18)19(25)21-12-15-6-8-16(26-2)9-7-15/h3-9,14H,10-13H2,1-2H3,(H,21,25). The van der Waals surface area contributed by atoms with Gasteiger partial charge in [0.15, 0.2) is 0 Å². The molecule has 1 unspecified atom stereocenters. The van der Waals surface area contributed by atoms with Crippen LogP contribution in [0.3, 0.4) is 0 Å². The lowest BCUT2D eigenvalue weighted by molar-refractivity contribution is 0.186. The molecule has 0 radical (unpaired) electrons. The van der Waals surface area contributed by atoms with Gasteiger partial charge in [0.05, 0.1) is 7.11 Å². The highest BCUT2D eigenvalue weighted by Gasteiger charge is 2.27. The molecule has 6 nitrogen and oxygen atoms in total. The average molecular weight is 358 g/mol. The summed E-state index contributed by atoms with van der Waals surface area (Å²) in [5, 5.41) is 2.94. The first-order chi connectivity index (χ1) is 12.6. The Labute approximate surface area is 152 Å². The molecule has 0 aliphatic carbocycles. The quantitative estimate of drug-likeness (QED) is 0.854. The maximum absolute atomic E-state index is 13.3. The van der Waals surface area contributed by atoms with E-state index in [1.165, 1.54) is 6.07 Å². The number of nitrogens with one attached hydrogen (secondary N) is 1. The SMILES string of the molecule is COc1ccc(CNC(=O)N2CCN(c3cccc(F)n3)C(C)C2)cc1. The van der Waals surface area contributed by atoms with Gasteiger partial charge in [0.1, 0.15) is 11.6 Å². The second-order valence-corrected chi connectivity index (χ2v) is 6.31. The van der Waals surface area contributed by atoms with E-state index >= 15 is 0 Å². The number of rotatable bonds is 4. The molecule has 0 spiro atoms. The fraction of sp³-hybridized carbons (Fsp3) is 0.368. The van der Waals surface area contributed by atoms with E-state index in [9.17, 15) is 9.18 Å². The number of ether oxygens (including phenoxy) is 1. The van der Waals surface area contributed by atoms with E-state index in [0.717, 1.165) is 11.3 Å². The molecular weight excluding hydrogens is 335 g/mol. The third kappa shape index (κ3) is 4.22. The molecule has 1 aliphatic rings. The van der Waals surface area contributed by atoms with Gasteiger partial charge in [0.25, 0.3) is 0 Å². The van der Waals surface area contributed by atoms with Gasteiger partial charge in [-0.3, -0.25) is 0 Å². The van der Waals surface area contributed by atoms with Crippen LogP contribution in [-0.2, 0) is 6.54 Å². The molecule has 26 heavy (non-hydrogen) atoms. The molecule has 1 N–H and O–H groups in total. The molecule has 1 aliphatic heterocycles. The smallest absolute Gasteiger partial charge is 0.317 e. The van der Waals surface area contributed by atoms with Gasteiger partial charge in [-0.1, -0.05) is 18.2 Å². The monoisotopic (exact) mass is 358 g/mol. The first-order valence-electron chi connectivity index (χ1n) is 8.61. The molecule has 7 heteroatoms. The van der Waals surface area contributed by atoms with Gasteiger partial charge >= 0.3 is 6.03 Å². The van der Waals surface area contributed by atoms with Crippen molar-refractivity contribution in [2.45, 2.75) is 19.5 Å². The summed E-state index contributed by atoms with van der Waals surface area (Å²) in [6, 6.07) is 12.3. The molecule has 1 fully saturated rings. The van der Waals surface area contributed by atoms with Crippen LogP contribution in [0.5, 0.6) is 5.75 Å². The molecule has 1 aromatic carbocycles. The van der Waals surface area contributed by atoms with E-state index < -0.39 is 5.95 Å². The normalized spacial score (nSPS) is 17.1. The number of anilines is 1. The third-order valence-corrected chi connectivity index (χ3v) is 4.51. The number of piperazine rings is 1. The molecule has 0 bridgehead atoms. The summed E-state index contributed by atoms with van der Waals surface area (Å²) >= 11 is 0. The Morgan fingerprint density at radius 2 is 2.04 bits per heavy atom. The van der Waals surface area contributed by atoms with Crippen LogP contribution in [0.4, 0.5) is 15.0 Å². The second-order valence-electron chi connectivity index (χ2n) is 6.31. The number of carbonyl (C=O) groups is 1. The second kappa shape index (κ2) is 8.03. The number of carbonyl (C=O) groups excluding carboxylic acids is 1. The molecule has 1 atom stereocenters. The average Bonchev–Trinajstić information content (AvgIpc) is 2.66. The Balaban J connectivity index is 1.53. The molecule has 138 valence electrons. The highest BCUT2D eigenvalue weighted by molar-refractivity contribution is 5.74. The summed E-state index contributed by atoms with van der Waals surface area (Å²) in [6.45, 7) is 4.22. The van der Waals surface area contributed by atoms with Crippen LogP contribution in [0.2, 0.25) is 0 Å². The summed E-state index contributed by atoms with van der Waals surface area (Å²) in [7, 11) is 1.62. The molecule has 2 aromatic rings. The van der Waals surface area contributed by atoms with Crippen molar-refractivity contribution in [2.75, 3.05) is 31.6 Å². The van der Waals surface area contributed by atoms with Gasteiger partial charge in [-0.2, -0.15) is 4.39 Å². The predicted octanol–water partition coefficient (Wildman–Crippen LogP) is 2.65. The Morgan fingerprint density at radius 1 is 1.27 bits per heavy atom. The van der Waals surface area contributed by atoms with Gasteiger partial charge in [-0.25, -0.2) is 9.78 Å². The van der Waals surface area contributed by atoms with E-state index in [-0.39, 0.29) is 12.1 Å². The van der Waals surface area contributed by atoms with Crippen LogP contribution < -0.4 is 15.0 Å². The fourth-order valence-electron chi connectivity index (χ4n) is 3.07. The summed E-state index contributed by atoms with van der Waals surface area (Å²) in [4.78, 5) is 20.2. The molecule has 1 saturated heterocycles. The number of benzene rings is 1. The molecule has 2 amide bonds. The van der Waals surface area contributed by atoms with Gasteiger partial charge in [0, 0.05) is 32.2 Å². The van der Waals surface area contributed by atoms with Gasteiger partial charge in [-0.15, -0.1) is 0 Å². The van der Waals surface area contributed by atoms with Gasteiger partial charge < -0.3 is 19.9 Å². The number of pyridine rings is 1. The predicted molar refractivity (Wildman–Crippen MR) is 97.8 cm³/mol. The van der Waals surface area contributed by atoms with Crippen molar-refractivity contribution < 1.29 is 13.9 Å². The maximum atomic E-state index is 13.3. The summed E-state index contributed by atoms with van der Waals surface area (Å²) in [5.74, 6) is 0.904. The summed E-state index contributed by atoms with van der Waals surface area (Å²) < 4.78 is 18.5. The zero-order valence-corrected chi connectivity index (χ0v) is 15.0. The van der Waals surface area contributed by atoms with Crippen molar-refractivity contribution in [3.05, 3.63) is 54.0 Å². The lowest BCUT2D eigenvalue weighted by atomic mass is 10.2. The number of halogens is 1. The molecular formula is C19H23FN4O2. The van der Waals surface area contributed by atoms with Gasteiger partial charge in [0.2, 0.25) is 5.95 Å². The van der Waals surface area contributed by atoms with Crippen molar-refractivity contribution >= 4 is 11.8 Å². The number of nitrogens with zero attached hydrogens (tertiary/aromatic N) is 3. The minimum absolute atomic E-state index is 0.0600. The zero-order valence-electron chi connectivity index (χ0n) is 15.0. The Kier molecular flexibility index (Phi) is 5.55. The van der Waals surface area contributed by atoms with Crippen molar-refractivity contribution in [1.29, 1.82) is 0 Å². The lowest BCUT2D eigenvalue weighted by Gasteiger charge is -2.40. The van der Waals surface area contributed by atoms with E-state index in [4.69, 9.17) is 4.74 Å². The number of amides is 2. The van der Waals surface area contributed by atoms with Crippen LogP contribution in [0.1, 0.15) is 12.5 Å². The Morgan fingerprint density at radius 3 is 2.69 bits per heavy atom. The number of hydrogen-bond acceptors (Lipinski definition) is 4. The first kappa shape index (κ1) is 18.0.